The summed E-state index contributed by atoms with van der Waals surface area (Å²) in [4.78, 5) is 30.2. The molecule has 2 aliphatic heterocycles. The number of carbonyl (C=O) groups is 2. The SMILES string of the molecule is COc1ccc(C2=C(N3CC(C)OC(C)C3)C(=O)N(c3ccccc3)C2=O)cc1. The number of ether oxygens (including phenoxy) is 2. The van der Waals surface area contributed by atoms with Crippen molar-refractivity contribution in [2.45, 2.75) is 26.1 Å². The number of hydrogen-bond acceptors (Lipinski definition) is 5. The minimum absolute atomic E-state index is 0.0305. The molecular weight excluding hydrogens is 368 g/mol. The van der Waals surface area contributed by atoms with Crippen LogP contribution in [0.4, 0.5) is 5.69 Å². The van der Waals surface area contributed by atoms with Gasteiger partial charge in [-0.2, -0.15) is 0 Å². The van der Waals surface area contributed by atoms with Crippen molar-refractivity contribution in [2.75, 3.05) is 25.1 Å². The predicted molar refractivity (Wildman–Crippen MR) is 110 cm³/mol. The minimum atomic E-state index is -0.312. The molecule has 2 aromatic carbocycles. The Bertz CT molecular complexity index is 943. The smallest absolute Gasteiger partial charge is 0.282 e. The molecule has 1 fully saturated rings. The molecule has 6 heteroatoms. The Morgan fingerprint density at radius 2 is 1.52 bits per heavy atom. The number of benzene rings is 2. The van der Waals surface area contributed by atoms with Crippen molar-refractivity contribution in [1.82, 2.24) is 4.90 Å². The summed E-state index contributed by atoms with van der Waals surface area (Å²) < 4.78 is 11.1. The van der Waals surface area contributed by atoms with Crippen LogP contribution in [-0.4, -0.2) is 49.1 Å². The van der Waals surface area contributed by atoms with E-state index in [4.69, 9.17) is 9.47 Å². The monoisotopic (exact) mass is 392 g/mol. The average Bonchev–Trinajstić information content (AvgIpc) is 2.98. The van der Waals surface area contributed by atoms with Crippen molar-refractivity contribution in [3.05, 3.63) is 65.9 Å². The Balaban J connectivity index is 1.82. The van der Waals surface area contributed by atoms with E-state index in [1.807, 2.05) is 49.1 Å². The number of morpholine rings is 1. The van der Waals surface area contributed by atoms with Crippen molar-refractivity contribution in [3.8, 4) is 5.75 Å². The van der Waals surface area contributed by atoms with Crippen LogP contribution in [0.15, 0.2) is 60.3 Å². The zero-order valence-corrected chi connectivity index (χ0v) is 16.8. The van der Waals surface area contributed by atoms with Crippen molar-refractivity contribution < 1.29 is 19.1 Å². The standard InChI is InChI=1S/C23H24N2O4/c1-15-13-24(14-16(2)29-15)21-20(17-9-11-19(28-3)12-10-17)22(26)25(23(21)27)18-7-5-4-6-8-18/h4-12,15-16H,13-14H2,1-3H3. The van der Waals surface area contributed by atoms with Gasteiger partial charge in [0.2, 0.25) is 0 Å². The molecule has 0 spiro atoms. The summed E-state index contributed by atoms with van der Waals surface area (Å²) in [7, 11) is 1.59. The van der Waals surface area contributed by atoms with Gasteiger partial charge in [0, 0.05) is 13.1 Å². The first-order valence-corrected chi connectivity index (χ1v) is 9.72. The molecule has 6 nitrogen and oxygen atoms in total. The van der Waals surface area contributed by atoms with E-state index in [-0.39, 0.29) is 24.0 Å². The highest BCUT2D eigenvalue weighted by Gasteiger charge is 2.43. The van der Waals surface area contributed by atoms with Gasteiger partial charge in [0.25, 0.3) is 11.8 Å². The first kappa shape index (κ1) is 19.2. The second-order valence-electron chi connectivity index (χ2n) is 7.40. The highest BCUT2D eigenvalue weighted by Crippen LogP contribution is 2.36. The molecular formula is C23H24N2O4. The molecule has 0 radical (unpaired) electrons. The van der Waals surface area contributed by atoms with Crippen LogP contribution in [0.5, 0.6) is 5.75 Å². The Kier molecular flexibility index (Phi) is 5.11. The number of methoxy groups -OCH3 is 1. The molecule has 2 aliphatic rings. The van der Waals surface area contributed by atoms with Gasteiger partial charge in [-0.1, -0.05) is 30.3 Å². The number of carbonyl (C=O) groups excluding carboxylic acids is 2. The van der Waals surface area contributed by atoms with Crippen LogP contribution in [0, 0.1) is 0 Å². The van der Waals surface area contributed by atoms with Gasteiger partial charge in [-0.25, -0.2) is 4.90 Å². The quantitative estimate of drug-likeness (QED) is 0.749. The zero-order valence-electron chi connectivity index (χ0n) is 16.8. The van der Waals surface area contributed by atoms with Gasteiger partial charge in [-0.3, -0.25) is 9.59 Å². The molecule has 150 valence electrons. The maximum atomic E-state index is 13.5. The van der Waals surface area contributed by atoms with Crippen LogP contribution in [0.1, 0.15) is 19.4 Å². The summed E-state index contributed by atoms with van der Waals surface area (Å²) in [6.07, 6.45) is -0.0610. The van der Waals surface area contributed by atoms with Gasteiger partial charge in [0.1, 0.15) is 11.4 Å². The first-order chi connectivity index (χ1) is 14.0. The molecule has 0 saturated carbocycles. The number of amides is 2. The van der Waals surface area contributed by atoms with E-state index in [0.29, 0.717) is 41.4 Å². The summed E-state index contributed by atoms with van der Waals surface area (Å²) in [5.74, 6) is 0.0858. The summed E-state index contributed by atoms with van der Waals surface area (Å²) in [6.45, 7) is 5.07. The van der Waals surface area contributed by atoms with Crippen LogP contribution in [0.3, 0.4) is 0 Å². The molecule has 0 N–H and O–H groups in total. The average molecular weight is 392 g/mol. The maximum Gasteiger partial charge on any atom is 0.282 e. The Labute approximate surface area is 170 Å². The number of hydrogen-bond donors (Lipinski definition) is 0. The molecule has 0 bridgehead atoms. The van der Waals surface area contributed by atoms with E-state index < -0.39 is 0 Å². The van der Waals surface area contributed by atoms with Crippen molar-refractivity contribution >= 4 is 23.1 Å². The van der Waals surface area contributed by atoms with Gasteiger partial charge < -0.3 is 14.4 Å². The second kappa shape index (κ2) is 7.72. The predicted octanol–water partition coefficient (Wildman–Crippen LogP) is 3.09. The summed E-state index contributed by atoms with van der Waals surface area (Å²) in [5, 5.41) is 0. The topological polar surface area (TPSA) is 59.1 Å². The van der Waals surface area contributed by atoms with E-state index in [2.05, 4.69) is 0 Å². The molecule has 4 rings (SSSR count). The fourth-order valence-corrected chi connectivity index (χ4v) is 4.00. The molecule has 0 aliphatic carbocycles. The van der Waals surface area contributed by atoms with Crippen LogP contribution in [0.2, 0.25) is 0 Å². The van der Waals surface area contributed by atoms with Crippen molar-refractivity contribution in [2.24, 2.45) is 0 Å². The number of anilines is 1. The third-order valence-corrected chi connectivity index (χ3v) is 5.19. The second-order valence-corrected chi connectivity index (χ2v) is 7.40. The molecule has 2 unspecified atom stereocenters. The number of rotatable bonds is 4. The van der Waals surface area contributed by atoms with Gasteiger partial charge >= 0.3 is 0 Å². The largest absolute Gasteiger partial charge is 0.497 e. The van der Waals surface area contributed by atoms with Crippen LogP contribution in [0.25, 0.3) is 5.57 Å². The number of para-hydroxylation sites is 1. The number of nitrogens with zero attached hydrogens (tertiary/aromatic N) is 2. The summed E-state index contributed by atoms with van der Waals surface area (Å²) >= 11 is 0. The van der Waals surface area contributed by atoms with Crippen LogP contribution in [-0.2, 0) is 14.3 Å². The van der Waals surface area contributed by atoms with Gasteiger partial charge in [0.05, 0.1) is 30.6 Å². The van der Waals surface area contributed by atoms with Gasteiger partial charge in [-0.05, 0) is 43.7 Å². The fraction of sp³-hybridized carbons (Fsp3) is 0.304. The van der Waals surface area contributed by atoms with Crippen molar-refractivity contribution in [1.29, 1.82) is 0 Å². The normalized spacial score (nSPS) is 22.4. The van der Waals surface area contributed by atoms with E-state index in [9.17, 15) is 9.59 Å². The Hall–Kier alpha value is -3.12. The molecule has 1 saturated heterocycles. The van der Waals surface area contributed by atoms with Gasteiger partial charge in [-0.15, -0.1) is 0 Å². The van der Waals surface area contributed by atoms with Crippen molar-refractivity contribution in [3.63, 3.8) is 0 Å². The lowest BCUT2D eigenvalue weighted by Crippen LogP contribution is -2.47. The third kappa shape index (κ3) is 3.51. The number of imide groups is 1. The van der Waals surface area contributed by atoms with E-state index >= 15 is 0 Å². The molecule has 0 aromatic heterocycles. The molecule has 2 atom stereocenters. The third-order valence-electron chi connectivity index (χ3n) is 5.19. The van der Waals surface area contributed by atoms with Crippen LogP contribution < -0.4 is 9.64 Å². The zero-order chi connectivity index (χ0) is 20.5. The molecule has 29 heavy (non-hydrogen) atoms. The lowest BCUT2D eigenvalue weighted by Gasteiger charge is -2.37. The minimum Gasteiger partial charge on any atom is -0.497 e. The molecule has 2 heterocycles. The van der Waals surface area contributed by atoms with E-state index in [1.165, 1.54) is 4.90 Å². The van der Waals surface area contributed by atoms with E-state index in [0.717, 1.165) is 0 Å². The maximum absolute atomic E-state index is 13.5. The first-order valence-electron chi connectivity index (χ1n) is 9.72. The lowest BCUT2D eigenvalue weighted by atomic mass is 10.0. The van der Waals surface area contributed by atoms with Crippen LogP contribution >= 0.6 is 0 Å². The lowest BCUT2D eigenvalue weighted by molar-refractivity contribution is -0.121. The Morgan fingerprint density at radius 1 is 0.897 bits per heavy atom. The molecule has 2 amide bonds. The fourth-order valence-electron chi connectivity index (χ4n) is 4.00. The van der Waals surface area contributed by atoms with Gasteiger partial charge in [0.15, 0.2) is 0 Å². The van der Waals surface area contributed by atoms with E-state index in [1.54, 1.807) is 31.4 Å². The Morgan fingerprint density at radius 3 is 2.10 bits per heavy atom. The highest BCUT2D eigenvalue weighted by molar-refractivity contribution is 6.45. The highest BCUT2D eigenvalue weighted by atomic mass is 16.5. The summed E-state index contributed by atoms with van der Waals surface area (Å²) in [5.41, 5.74) is 2.12. The summed E-state index contributed by atoms with van der Waals surface area (Å²) in [6, 6.07) is 16.3. The molecule has 2 aromatic rings.